The lowest BCUT2D eigenvalue weighted by atomic mass is 9.99. The minimum absolute atomic E-state index is 0.278. The van der Waals surface area contributed by atoms with E-state index in [0.717, 1.165) is 44.3 Å². The van der Waals surface area contributed by atoms with Crippen molar-refractivity contribution in [1.82, 2.24) is 9.97 Å². The van der Waals surface area contributed by atoms with Crippen molar-refractivity contribution in [3.05, 3.63) is 84.1 Å². The van der Waals surface area contributed by atoms with Gasteiger partial charge in [-0.3, -0.25) is 10.1 Å². The summed E-state index contributed by atoms with van der Waals surface area (Å²) in [6, 6.07) is 19.8. The van der Waals surface area contributed by atoms with Gasteiger partial charge in [-0.05, 0) is 43.2 Å². The summed E-state index contributed by atoms with van der Waals surface area (Å²) in [6.07, 6.45) is 3.30. The minimum Gasteiger partial charge on any atom is -0.496 e. The molecule has 1 amide bonds. The van der Waals surface area contributed by atoms with Gasteiger partial charge < -0.3 is 14.1 Å². The van der Waals surface area contributed by atoms with Crippen LogP contribution in [0, 0.1) is 6.92 Å². The van der Waals surface area contributed by atoms with Gasteiger partial charge in [0.15, 0.2) is 0 Å². The number of furan rings is 1. The molecule has 0 fully saturated rings. The number of aromatic amines is 1. The van der Waals surface area contributed by atoms with Gasteiger partial charge in [0.2, 0.25) is 5.95 Å². The van der Waals surface area contributed by atoms with Crippen molar-refractivity contribution in [3.8, 4) is 16.9 Å². The van der Waals surface area contributed by atoms with E-state index in [1.54, 1.807) is 19.4 Å². The Labute approximate surface area is 190 Å². The number of nitrogens with one attached hydrogen (secondary N) is 2. The zero-order valence-corrected chi connectivity index (χ0v) is 18.6. The molecular formula is C27H23N3O3. The fraction of sp³-hybridized carbons (Fsp3) is 0.111. The van der Waals surface area contributed by atoms with E-state index in [1.165, 1.54) is 5.56 Å². The normalized spacial score (nSPS) is 11.8. The highest BCUT2D eigenvalue weighted by molar-refractivity contribution is 6.05. The second kappa shape index (κ2) is 8.31. The maximum atomic E-state index is 12.7. The molecule has 2 heterocycles. The summed E-state index contributed by atoms with van der Waals surface area (Å²) in [5.41, 5.74) is 7.23. The molecule has 0 atom stereocenters. The monoisotopic (exact) mass is 437 g/mol. The molecule has 0 aliphatic carbocycles. The van der Waals surface area contributed by atoms with E-state index in [1.807, 2.05) is 43.3 Å². The summed E-state index contributed by atoms with van der Waals surface area (Å²) in [5.74, 6) is 0.765. The fourth-order valence-electron chi connectivity index (χ4n) is 3.93. The highest BCUT2D eigenvalue weighted by Gasteiger charge is 2.15. The lowest BCUT2D eigenvalue weighted by Gasteiger charge is -2.10. The number of ether oxygens (including phenoxy) is 1. The molecular weight excluding hydrogens is 414 g/mol. The lowest BCUT2D eigenvalue weighted by molar-refractivity contribution is -0.111. The van der Waals surface area contributed by atoms with Gasteiger partial charge in [-0.25, -0.2) is 4.98 Å². The average Bonchev–Trinajstić information content (AvgIpc) is 3.41. The standard InChI is InChI=1S/C27H23N3O3/c1-16-8-10-18(11-9-16)21-15-33-25-14-24(32-3)19(13-20(21)25)17(2)12-26(31)30-27-28-22-6-4-5-7-23(22)29-27/h4-15H,1-3H3,(H2,28,29,30,31)/b17-12+. The number of carbonyl (C=O) groups excluding carboxylic acids is 1. The van der Waals surface area contributed by atoms with E-state index < -0.39 is 0 Å². The van der Waals surface area contributed by atoms with Crippen LogP contribution in [0.5, 0.6) is 5.75 Å². The average molecular weight is 437 g/mol. The number of H-pyrrole nitrogens is 1. The molecule has 6 nitrogen and oxygen atoms in total. The second-order valence-electron chi connectivity index (χ2n) is 7.98. The van der Waals surface area contributed by atoms with Gasteiger partial charge >= 0.3 is 0 Å². The number of allylic oxidation sites excluding steroid dienone is 1. The van der Waals surface area contributed by atoms with Crippen molar-refractivity contribution < 1.29 is 13.9 Å². The number of carbonyl (C=O) groups is 1. The smallest absolute Gasteiger partial charge is 0.250 e. The number of fused-ring (bicyclic) bond motifs is 2. The van der Waals surface area contributed by atoms with Crippen LogP contribution >= 0.6 is 0 Å². The number of aryl methyl sites for hydroxylation is 1. The number of hydrogen-bond donors (Lipinski definition) is 2. The Hall–Kier alpha value is -4.32. The van der Waals surface area contributed by atoms with E-state index in [4.69, 9.17) is 9.15 Å². The zero-order valence-electron chi connectivity index (χ0n) is 18.6. The number of hydrogen-bond acceptors (Lipinski definition) is 4. The first kappa shape index (κ1) is 20.6. The Morgan fingerprint density at radius 1 is 1.12 bits per heavy atom. The largest absolute Gasteiger partial charge is 0.496 e. The van der Waals surface area contributed by atoms with Crippen LogP contribution in [0.15, 0.2) is 77.4 Å². The Morgan fingerprint density at radius 2 is 1.91 bits per heavy atom. The number of rotatable bonds is 5. The van der Waals surface area contributed by atoms with E-state index in [-0.39, 0.29) is 5.91 Å². The molecule has 0 spiro atoms. The number of nitrogens with zero attached hydrogens (tertiary/aromatic N) is 1. The van der Waals surface area contributed by atoms with Gasteiger partial charge in [-0.15, -0.1) is 0 Å². The first-order chi connectivity index (χ1) is 16.0. The van der Waals surface area contributed by atoms with Crippen LogP contribution in [0.3, 0.4) is 0 Å². The van der Waals surface area contributed by atoms with Crippen LogP contribution in [0.25, 0.3) is 38.7 Å². The van der Waals surface area contributed by atoms with E-state index in [9.17, 15) is 4.79 Å². The molecule has 0 unspecified atom stereocenters. The van der Waals surface area contributed by atoms with Gasteiger partial charge in [0, 0.05) is 28.7 Å². The third-order valence-corrected chi connectivity index (χ3v) is 5.66. The van der Waals surface area contributed by atoms with Gasteiger partial charge in [0.05, 0.1) is 24.4 Å². The second-order valence-corrected chi connectivity index (χ2v) is 7.98. The molecule has 6 heteroatoms. The molecule has 5 rings (SSSR count). The Morgan fingerprint density at radius 3 is 2.67 bits per heavy atom. The zero-order chi connectivity index (χ0) is 22.9. The molecule has 2 N–H and O–H groups in total. The molecule has 0 radical (unpaired) electrons. The van der Waals surface area contributed by atoms with Crippen molar-refractivity contribution >= 4 is 39.4 Å². The SMILES string of the molecule is COc1cc2occ(-c3ccc(C)cc3)c2cc1/C(C)=C/C(=O)Nc1nc2ccccc2[nH]1. The van der Waals surface area contributed by atoms with Crippen molar-refractivity contribution in [2.24, 2.45) is 0 Å². The van der Waals surface area contributed by atoms with Crippen molar-refractivity contribution in [1.29, 1.82) is 0 Å². The third kappa shape index (κ3) is 3.99. The molecule has 0 aliphatic heterocycles. The van der Waals surface area contributed by atoms with Gasteiger partial charge in [-0.1, -0.05) is 42.0 Å². The lowest BCUT2D eigenvalue weighted by Crippen LogP contribution is -2.09. The molecule has 0 saturated carbocycles. The first-order valence-electron chi connectivity index (χ1n) is 10.6. The van der Waals surface area contributed by atoms with Crippen molar-refractivity contribution in [2.45, 2.75) is 13.8 Å². The highest BCUT2D eigenvalue weighted by atomic mass is 16.5. The predicted octanol–water partition coefficient (Wildman–Crippen LogP) is 6.34. The Kier molecular flexibility index (Phi) is 5.18. The molecule has 5 aromatic rings. The third-order valence-electron chi connectivity index (χ3n) is 5.66. The molecule has 33 heavy (non-hydrogen) atoms. The number of benzene rings is 3. The summed E-state index contributed by atoms with van der Waals surface area (Å²) in [4.78, 5) is 20.2. The van der Waals surface area contributed by atoms with Crippen LogP contribution in [0.1, 0.15) is 18.1 Å². The molecule has 3 aromatic carbocycles. The van der Waals surface area contributed by atoms with E-state index in [2.05, 4.69) is 46.5 Å². The van der Waals surface area contributed by atoms with Gasteiger partial charge in [-0.2, -0.15) is 0 Å². The number of anilines is 1. The fourth-order valence-corrected chi connectivity index (χ4v) is 3.93. The van der Waals surface area contributed by atoms with Crippen molar-refractivity contribution in [2.75, 3.05) is 12.4 Å². The first-order valence-corrected chi connectivity index (χ1v) is 10.6. The number of amides is 1. The number of imidazole rings is 1. The quantitative estimate of drug-likeness (QED) is 0.315. The number of methoxy groups -OCH3 is 1. The summed E-state index contributed by atoms with van der Waals surface area (Å²) >= 11 is 0. The van der Waals surface area contributed by atoms with Crippen LogP contribution < -0.4 is 10.1 Å². The maximum absolute atomic E-state index is 12.7. The van der Waals surface area contributed by atoms with E-state index in [0.29, 0.717) is 11.7 Å². The Bertz CT molecular complexity index is 1470. The van der Waals surface area contributed by atoms with Crippen LogP contribution in [-0.2, 0) is 4.79 Å². The molecule has 164 valence electrons. The topological polar surface area (TPSA) is 80.2 Å². The molecule has 0 aliphatic rings. The predicted molar refractivity (Wildman–Crippen MR) is 131 cm³/mol. The minimum atomic E-state index is -0.278. The number of aromatic nitrogens is 2. The number of para-hydroxylation sites is 2. The summed E-state index contributed by atoms with van der Waals surface area (Å²) in [7, 11) is 1.61. The van der Waals surface area contributed by atoms with Gasteiger partial charge in [0.1, 0.15) is 11.3 Å². The van der Waals surface area contributed by atoms with Crippen LogP contribution in [-0.4, -0.2) is 23.0 Å². The molecule has 0 bridgehead atoms. The summed E-state index contributed by atoms with van der Waals surface area (Å²) in [5, 5.41) is 3.76. The Balaban J connectivity index is 1.48. The molecule has 2 aromatic heterocycles. The van der Waals surface area contributed by atoms with Crippen molar-refractivity contribution in [3.63, 3.8) is 0 Å². The van der Waals surface area contributed by atoms with E-state index >= 15 is 0 Å². The molecule has 0 saturated heterocycles. The summed E-state index contributed by atoms with van der Waals surface area (Å²) < 4.78 is 11.4. The highest BCUT2D eigenvalue weighted by Crippen LogP contribution is 2.37. The summed E-state index contributed by atoms with van der Waals surface area (Å²) in [6.45, 7) is 3.94. The van der Waals surface area contributed by atoms with Crippen LogP contribution in [0.2, 0.25) is 0 Å². The van der Waals surface area contributed by atoms with Gasteiger partial charge in [0.25, 0.3) is 5.91 Å². The van der Waals surface area contributed by atoms with Crippen LogP contribution in [0.4, 0.5) is 5.95 Å². The maximum Gasteiger partial charge on any atom is 0.250 e.